The highest BCUT2D eigenvalue weighted by Crippen LogP contribution is 2.31. The molecule has 5 heteroatoms. The van der Waals surface area contributed by atoms with Crippen LogP contribution < -0.4 is 5.32 Å². The van der Waals surface area contributed by atoms with E-state index in [1.165, 1.54) is 12.8 Å². The fourth-order valence-corrected chi connectivity index (χ4v) is 4.77. The molecule has 158 valence electrons. The molecule has 2 fully saturated rings. The summed E-state index contributed by atoms with van der Waals surface area (Å²) in [5.74, 6) is -0.0421. The molecule has 0 aromatic heterocycles. The van der Waals surface area contributed by atoms with E-state index in [4.69, 9.17) is 0 Å². The van der Waals surface area contributed by atoms with E-state index < -0.39 is 0 Å². The summed E-state index contributed by atoms with van der Waals surface area (Å²) < 4.78 is 0. The fraction of sp³-hybridized carbons (Fsp3) is 0.440. The molecule has 1 unspecified atom stereocenters. The quantitative estimate of drug-likeness (QED) is 0.823. The molecular weight excluding hydrogens is 374 g/mol. The van der Waals surface area contributed by atoms with Crippen LogP contribution in [0.1, 0.15) is 52.8 Å². The number of hydrogen-bond acceptors (Lipinski definition) is 3. The van der Waals surface area contributed by atoms with Gasteiger partial charge in [-0.15, -0.1) is 0 Å². The lowest BCUT2D eigenvalue weighted by molar-refractivity contribution is 0.0725. The largest absolute Gasteiger partial charge is 0.345 e. The molecule has 2 aliphatic heterocycles. The Labute approximate surface area is 179 Å². The SMILES string of the molecule is CN(C)C(=O)c1ccc(-c2ccccc2)c(C(=O)N2CCC[C@H]2CC2CCCN2)c1. The van der Waals surface area contributed by atoms with E-state index in [0.717, 1.165) is 43.5 Å². The Morgan fingerprint density at radius 3 is 2.57 bits per heavy atom. The molecule has 2 aromatic carbocycles. The second-order valence-corrected chi connectivity index (χ2v) is 8.65. The minimum atomic E-state index is -0.0863. The minimum Gasteiger partial charge on any atom is -0.345 e. The molecule has 2 aromatic rings. The van der Waals surface area contributed by atoms with Crippen molar-refractivity contribution in [2.24, 2.45) is 0 Å². The highest BCUT2D eigenvalue weighted by Gasteiger charge is 2.33. The van der Waals surface area contributed by atoms with Crippen molar-refractivity contribution < 1.29 is 9.59 Å². The average Bonchev–Trinajstić information content (AvgIpc) is 3.45. The van der Waals surface area contributed by atoms with Gasteiger partial charge in [-0.1, -0.05) is 36.4 Å². The van der Waals surface area contributed by atoms with Crippen molar-refractivity contribution in [3.05, 3.63) is 59.7 Å². The summed E-state index contributed by atoms with van der Waals surface area (Å²) in [4.78, 5) is 29.9. The van der Waals surface area contributed by atoms with E-state index in [9.17, 15) is 9.59 Å². The second-order valence-electron chi connectivity index (χ2n) is 8.65. The summed E-state index contributed by atoms with van der Waals surface area (Å²) in [6.07, 6.45) is 5.53. The molecule has 0 spiro atoms. The first-order valence-electron chi connectivity index (χ1n) is 11.0. The summed E-state index contributed by atoms with van der Waals surface area (Å²) in [7, 11) is 3.47. The molecule has 0 bridgehead atoms. The topological polar surface area (TPSA) is 52.7 Å². The number of likely N-dealkylation sites (tertiary alicyclic amines) is 1. The molecular formula is C25H31N3O2. The first kappa shape index (κ1) is 20.6. The number of nitrogens with zero attached hydrogens (tertiary/aromatic N) is 2. The smallest absolute Gasteiger partial charge is 0.254 e. The van der Waals surface area contributed by atoms with Crippen molar-refractivity contribution in [2.45, 2.75) is 44.2 Å². The highest BCUT2D eigenvalue weighted by atomic mass is 16.2. The molecule has 1 N–H and O–H groups in total. The van der Waals surface area contributed by atoms with Gasteiger partial charge in [0.15, 0.2) is 0 Å². The van der Waals surface area contributed by atoms with Gasteiger partial charge in [0.2, 0.25) is 0 Å². The fourth-order valence-electron chi connectivity index (χ4n) is 4.77. The van der Waals surface area contributed by atoms with Gasteiger partial charge in [-0.05, 0) is 61.9 Å². The van der Waals surface area contributed by atoms with Crippen molar-refractivity contribution in [1.82, 2.24) is 15.1 Å². The number of amides is 2. The van der Waals surface area contributed by atoms with Crippen LogP contribution in [-0.4, -0.2) is 60.9 Å². The van der Waals surface area contributed by atoms with Crippen LogP contribution in [0.3, 0.4) is 0 Å². The first-order chi connectivity index (χ1) is 14.5. The number of carbonyl (C=O) groups is 2. The van der Waals surface area contributed by atoms with Crippen molar-refractivity contribution in [1.29, 1.82) is 0 Å². The third-order valence-electron chi connectivity index (χ3n) is 6.34. The van der Waals surface area contributed by atoms with E-state index in [1.54, 1.807) is 25.1 Å². The highest BCUT2D eigenvalue weighted by molar-refractivity contribution is 6.04. The normalized spacial score (nSPS) is 21.1. The second kappa shape index (κ2) is 9.00. The molecule has 4 rings (SSSR count). The number of hydrogen-bond donors (Lipinski definition) is 1. The van der Waals surface area contributed by atoms with Crippen molar-refractivity contribution in [3.63, 3.8) is 0 Å². The van der Waals surface area contributed by atoms with E-state index in [0.29, 0.717) is 17.2 Å². The standard InChI is InChI=1S/C25H31N3O2/c1-27(2)24(29)19-12-13-22(18-8-4-3-5-9-18)23(16-19)25(30)28-15-7-11-21(28)17-20-10-6-14-26-20/h3-5,8-9,12-13,16,20-21,26H,6-7,10-11,14-15,17H2,1-2H3/t20?,21-/m0/s1. The van der Waals surface area contributed by atoms with E-state index in [-0.39, 0.29) is 17.9 Å². The number of benzene rings is 2. The van der Waals surface area contributed by atoms with Gasteiger partial charge in [0.05, 0.1) is 0 Å². The molecule has 0 radical (unpaired) electrons. The Morgan fingerprint density at radius 2 is 1.87 bits per heavy atom. The maximum Gasteiger partial charge on any atom is 0.254 e. The Balaban J connectivity index is 1.68. The molecule has 2 saturated heterocycles. The van der Waals surface area contributed by atoms with Gasteiger partial charge in [-0.2, -0.15) is 0 Å². The molecule has 0 aliphatic carbocycles. The average molecular weight is 406 g/mol. The van der Waals surface area contributed by atoms with E-state index in [2.05, 4.69) is 5.32 Å². The first-order valence-corrected chi connectivity index (χ1v) is 11.0. The Kier molecular flexibility index (Phi) is 6.18. The summed E-state index contributed by atoms with van der Waals surface area (Å²) in [6.45, 7) is 1.87. The maximum absolute atomic E-state index is 13.8. The van der Waals surface area contributed by atoms with Crippen molar-refractivity contribution in [3.8, 4) is 11.1 Å². The van der Waals surface area contributed by atoms with E-state index >= 15 is 0 Å². The third kappa shape index (κ3) is 4.26. The molecule has 2 heterocycles. The van der Waals surface area contributed by atoms with Crippen LogP contribution in [0.15, 0.2) is 48.5 Å². The third-order valence-corrected chi connectivity index (χ3v) is 6.34. The molecule has 30 heavy (non-hydrogen) atoms. The van der Waals surface area contributed by atoms with Crippen LogP contribution in [0.2, 0.25) is 0 Å². The predicted octanol–water partition coefficient (Wildman–Crippen LogP) is 3.80. The number of nitrogens with one attached hydrogen (secondary N) is 1. The lowest BCUT2D eigenvalue weighted by Gasteiger charge is -2.28. The Bertz CT molecular complexity index is 904. The Hall–Kier alpha value is -2.66. The summed E-state index contributed by atoms with van der Waals surface area (Å²) in [5, 5.41) is 3.57. The summed E-state index contributed by atoms with van der Waals surface area (Å²) in [6, 6.07) is 16.3. The van der Waals surface area contributed by atoms with Gasteiger partial charge in [0, 0.05) is 43.9 Å². The number of rotatable bonds is 5. The van der Waals surface area contributed by atoms with Crippen LogP contribution >= 0.6 is 0 Å². The van der Waals surface area contributed by atoms with Crippen LogP contribution in [0, 0.1) is 0 Å². The lowest BCUT2D eigenvalue weighted by atomic mass is 9.95. The van der Waals surface area contributed by atoms with E-state index in [1.807, 2.05) is 47.4 Å². The summed E-state index contributed by atoms with van der Waals surface area (Å²) >= 11 is 0. The zero-order chi connectivity index (χ0) is 21.1. The lowest BCUT2D eigenvalue weighted by Crippen LogP contribution is -2.39. The van der Waals surface area contributed by atoms with Gasteiger partial charge in [-0.3, -0.25) is 9.59 Å². The van der Waals surface area contributed by atoms with Gasteiger partial charge < -0.3 is 15.1 Å². The minimum absolute atomic E-state index is 0.0442. The maximum atomic E-state index is 13.8. The van der Waals surface area contributed by atoms with Crippen LogP contribution in [0.4, 0.5) is 0 Å². The molecule has 5 nitrogen and oxygen atoms in total. The molecule has 2 atom stereocenters. The Morgan fingerprint density at radius 1 is 1.07 bits per heavy atom. The molecule has 2 amide bonds. The monoisotopic (exact) mass is 405 g/mol. The predicted molar refractivity (Wildman–Crippen MR) is 120 cm³/mol. The molecule has 2 aliphatic rings. The van der Waals surface area contributed by atoms with Crippen molar-refractivity contribution >= 4 is 11.8 Å². The summed E-state index contributed by atoms with van der Waals surface area (Å²) in [5.41, 5.74) is 3.06. The molecule has 0 saturated carbocycles. The van der Waals surface area contributed by atoms with Gasteiger partial charge in [-0.25, -0.2) is 0 Å². The van der Waals surface area contributed by atoms with Crippen LogP contribution in [0.5, 0.6) is 0 Å². The number of carbonyl (C=O) groups excluding carboxylic acids is 2. The van der Waals surface area contributed by atoms with Crippen molar-refractivity contribution in [2.75, 3.05) is 27.2 Å². The zero-order valence-electron chi connectivity index (χ0n) is 17.9. The van der Waals surface area contributed by atoms with Gasteiger partial charge in [0.25, 0.3) is 11.8 Å². The zero-order valence-corrected chi connectivity index (χ0v) is 17.9. The van der Waals surface area contributed by atoms with Gasteiger partial charge >= 0.3 is 0 Å². The van der Waals surface area contributed by atoms with Crippen LogP contribution in [-0.2, 0) is 0 Å². The van der Waals surface area contributed by atoms with Gasteiger partial charge in [0.1, 0.15) is 0 Å². The van der Waals surface area contributed by atoms with Crippen LogP contribution in [0.25, 0.3) is 11.1 Å².